The average molecular weight is 374 g/mol. The molecular formula is C18H14O9. The fourth-order valence-corrected chi connectivity index (χ4v) is 3.24. The maximum Gasteiger partial charge on any atom is 0.311 e. The minimum atomic E-state index is -1.53. The van der Waals surface area contributed by atoms with Crippen LogP contribution in [0.4, 0.5) is 0 Å². The van der Waals surface area contributed by atoms with E-state index < -0.39 is 75.3 Å². The van der Waals surface area contributed by atoms with Gasteiger partial charge in [-0.15, -0.1) is 0 Å². The van der Waals surface area contributed by atoms with Gasteiger partial charge in [0.1, 0.15) is 23.0 Å². The number of ketones is 2. The lowest BCUT2D eigenvalue weighted by molar-refractivity contribution is -0.139. The van der Waals surface area contributed by atoms with Gasteiger partial charge in [0.05, 0.1) is 22.6 Å². The largest absolute Gasteiger partial charge is 0.508 e. The number of carbonyl (C=O) groups is 3. The number of aliphatic carboxylic acids is 1. The summed E-state index contributed by atoms with van der Waals surface area (Å²) in [6.45, 7) is -0.567. The molecule has 9 nitrogen and oxygen atoms in total. The molecule has 9 heteroatoms. The predicted molar refractivity (Wildman–Crippen MR) is 88.5 cm³/mol. The van der Waals surface area contributed by atoms with Gasteiger partial charge in [-0.3, -0.25) is 14.4 Å². The van der Waals surface area contributed by atoms with E-state index >= 15 is 0 Å². The topological polar surface area (TPSA) is 173 Å². The number of phenolic OH excluding ortho intramolecular Hbond substituents is 4. The van der Waals surface area contributed by atoms with Crippen molar-refractivity contribution in [3.63, 3.8) is 0 Å². The Bertz CT molecular complexity index is 1010. The number of hydrogen-bond donors (Lipinski definition) is 6. The lowest BCUT2D eigenvalue weighted by Crippen LogP contribution is -2.23. The summed E-state index contributed by atoms with van der Waals surface area (Å²) < 4.78 is 0. The molecule has 27 heavy (non-hydrogen) atoms. The number of carboxylic acids is 1. The van der Waals surface area contributed by atoms with E-state index in [4.69, 9.17) is 5.11 Å². The lowest BCUT2D eigenvalue weighted by Gasteiger charge is -2.23. The molecule has 0 aliphatic heterocycles. The number of aromatic hydroxyl groups is 4. The quantitative estimate of drug-likeness (QED) is 0.387. The van der Waals surface area contributed by atoms with Crippen LogP contribution in [-0.2, 0) is 4.79 Å². The number of carboxylic acid groups (broad SMARTS) is 1. The van der Waals surface area contributed by atoms with Gasteiger partial charge in [0.25, 0.3) is 0 Å². The van der Waals surface area contributed by atoms with E-state index in [0.717, 1.165) is 18.2 Å². The smallest absolute Gasteiger partial charge is 0.311 e. The number of phenols is 4. The Balaban J connectivity index is 2.31. The van der Waals surface area contributed by atoms with Crippen LogP contribution in [0.25, 0.3) is 0 Å². The van der Waals surface area contributed by atoms with E-state index in [-0.39, 0.29) is 12.0 Å². The second kappa shape index (κ2) is 6.29. The Labute approximate surface area is 151 Å². The van der Waals surface area contributed by atoms with E-state index in [2.05, 4.69) is 0 Å². The number of carbonyl (C=O) groups excluding carboxylic acids is 2. The van der Waals surface area contributed by atoms with Crippen molar-refractivity contribution >= 4 is 17.5 Å². The van der Waals surface area contributed by atoms with Crippen molar-refractivity contribution in [3.8, 4) is 23.0 Å². The first-order valence-electron chi connectivity index (χ1n) is 7.76. The minimum Gasteiger partial charge on any atom is -0.508 e. The van der Waals surface area contributed by atoms with Gasteiger partial charge in [0.2, 0.25) is 5.78 Å². The zero-order valence-electron chi connectivity index (χ0n) is 13.6. The fraction of sp³-hybridized carbons (Fsp3) is 0.167. The van der Waals surface area contributed by atoms with Gasteiger partial charge in [-0.1, -0.05) is 0 Å². The number of rotatable bonds is 4. The summed E-state index contributed by atoms with van der Waals surface area (Å²) in [7, 11) is 0. The van der Waals surface area contributed by atoms with E-state index in [9.17, 15) is 39.9 Å². The molecule has 0 unspecified atom stereocenters. The summed E-state index contributed by atoms with van der Waals surface area (Å²) in [6.07, 6.45) is -0.354. The molecule has 0 spiro atoms. The maximum atomic E-state index is 12.8. The minimum absolute atomic E-state index is 0.318. The molecule has 2 aromatic carbocycles. The molecular weight excluding hydrogens is 360 g/mol. The van der Waals surface area contributed by atoms with Gasteiger partial charge in [-0.05, 0) is 18.6 Å². The Kier molecular flexibility index (Phi) is 4.24. The fourth-order valence-electron chi connectivity index (χ4n) is 3.24. The third-order valence-electron chi connectivity index (χ3n) is 4.43. The molecule has 1 aliphatic carbocycles. The first kappa shape index (κ1) is 18.2. The number of fused-ring (bicyclic) bond motifs is 2. The summed E-state index contributed by atoms with van der Waals surface area (Å²) in [4.78, 5) is 36.9. The van der Waals surface area contributed by atoms with Crippen molar-refractivity contribution in [2.75, 3.05) is 6.61 Å². The predicted octanol–water partition coefficient (Wildman–Crippen LogP) is 0.835. The second-order valence-corrected chi connectivity index (χ2v) is 6.03. The van der Waals surface area contributed by atoms with Crippen LogP contribution in [-0.4, -0.2) is 54.8 Å². The van der Waals surface area contributed by atoms with Gasteiger partial charge in [-0.25, -0.2) is 0 Å². The summed E-state index contributed by atoms with van der Waals surface area (Å²) in [5.74, 6) is -7.61. The molecule has 1 atom stereocenters. The summed E-state index contributed by atoms with van der Waals surface area (Å²) in [5, 5.41) is 58.6. The number of aliphatic hydroxyl groups is 1. The Morgan fingerprint density at radius 2 is 1.52 bits per heavy atom. The van der Waals surface area contributed by atoms with Gasteiger partial charge < -0.3 is 30.6 Å². The van der Waals surface area contributed by atoms with Crippen LogP contribution in [0.2, 0.25) is 0 Å². The van der Waals surface area contributed by atoms with E-state index in [1.165, 1.54) is 0 Å². The van der Waals surface area contributed by atoms with E-state index in [0.29, 0.717) is 0 Å². The summed E-state index contributed by atoms with van der Waals surface area (Å²) >= 11 is 0. The molecule has 140 valence electrons. The maximum absolute atomic E-state index is 12.8. The third kappa shape index (κ3) is 2.64. The van der Waals surface area contributed by atoms with E-state index in [1.54, 1.807) is 0 Å². The van der Waals surface area contributed by atoms with Crippen LogP contribution in [0.1, 0.15) is 49.7 Å². The van der Waals surface area contributed by atoms with Crippen molar-refractivity contribution in [2.45, 2.75) is 12.3 Å². The Morgan fingerprint density at radius 3 is 2.11 bits per heavy atom. The number of hydrogen-bond acceptors (Lipinski definition) is 8. The molecule has 6 N–H and O–H groups in total. The van der Waals surface area contributed by atoms with Gasteiger partial charge >= 0.3 is 5.97 Å². The number of benzene rings is 2. The molecule has 0 saturated carbocycles. The SMILES string of the molecule is O=C1c2cc(O)cc(O)c2C(=O)c2c1cc(O)c([C@@H](CCO)C(=O)O)c2O. The van der Waals surface area contributed by atoms with Gasteiger partial charge in [0.15, 0.2) is 5.78 Å². The zero-order valence-corrected chi connectivity index (χ0v) is 13.6. The van der Waals surface area contributed by atoms with Crippen LogP contribution in [0.3, 0.4) is 0 Å². The first-order chi connectivity index (χ1) is 12.7. The molecule has 0 saturated heterocycles. The van der Waals surface area contributed by atoms with Gasteiger partial charge in [0, 0.05) is 23.8 Å². The van der Waals surface area contributed by atoms with Crippen LogP contribution in [0.5, 0.6) is 23.0 Å². The van der Waals surface area contributed by atoms with Crippen molar-refractivity contribution < 1.29 is 45.0 Å². The molecule has 0 amide bonds. The van der Waals surface area contributed by atoms with Crippen molar-refractivity contribution in [1.29, 1.82) is 0 Å². The van der Waals surface area contributed by atoms with Crippen molar-refractivity contribution in [2.24, 2.45) is 0 Å². The summed E-state index contributed by atoms with van der Waals surface area (Å²) in [6, 6.07) is 2.66. The standard InChI is InChI=1S/C18H14O9/c19-2-1-7(18(26)27)12-11(22)5-9-14(16(12)24)17(25)13-8(15(9)23)3-6(20)4-10(13)21/h3-5,7,19-22,24H,1-2H2,(H,26,27)/t7-/m1/s1. The second-order valence-electron chi connectivity index (χ2n) is 6.03. The van der Waals surface area contributed by atoms with Crippen LogP contribution >= 0.6 is 0 Å². The molecule has 0 heterocycles. The molecule has 0 fully saturated rings. The van der Waals surface area contributed by atoms with Crippen LogP contribution in [0.15, 0.2) is 18.2 Å². The lowest BCUT2D eigenvalue weighted by atomic mass is 9.80. The first-order valence-corrected chi connectivity index (χ1v) is 7.76. The Morgan fingerprint density at radius 1 is 0.889 bits per heavy atom. The highest BCUT2D eigenvalue weighted by Crippen LogP contribution is 2.45. The highest BCUT2D eigenvalue weighted by molar-refractivity contribution is 6.30. The van der Waals surface area contributed by atoms with Crippen molar-refractivity contribution in [3.05, 3.63) is 46.0 Å². The van der Waals surface area contributed by atoms with Crippen LogP contribution < -0.4 is 0 Å². The third-order valence-corrected chi connectivity index (χ3v) is 4.43. The normalized spacial score (nSPS) is 13.8. The highest BCUT2D eigenvalue weighted by atomic mass is 16.4. The molecule has 0 aromatic heterocycles. The molecule has 0 bridgehead atoms. The number of aliphatic hydroxyl groups excluding tert-OH is 1. The highest BCUT2D eigenvalue weighted by Gasteiger charge is 2.38. The van der Waals surface area contributed by atoms with E-state index in [1.807, 2.05) is 0 Å². The monoisotopic (exact) mass is 374 g/mol. The molecule has 3 rings (SSSR count). The molecule has 0 radical (unpaired) electrons. The van der Waals surface area contributed by atoms with Crippen molar-refractivity contribution in [1.82, 2.24) is 0 Å². The Hall–Kier alpha value is -3.59. The van der Waals surface area contributed by atoms with Crippen LogP contribution in [0, 0.1) is 0 Å². The molecule has 1 aliphatic rings. The molecule has 2 aromatic rings. The zero-order chi connectivity index (χ0) is 20.0. The summed E-state index contributed by atoms with van der Waals surface area (Å²) in [5.41, 5.74) is -2.25. The average Bonchev–Trinajstić information content (AvgIpc) is 2.57. The van der Waals surface area contributed by atoms with Gasteiger partial charge in [-0.2, -0.15) is 0 Å².